The van der Waals surface area contributed by atoms with Crippen LogP contribution in [0.2, 0.25) is 0 Å². The molecule has 0 aliphatic heterocycles. The van der Waals surface area contributed by atoms with Gasteiger partial charge in [0.2, 0.25) is 0 Å². The number of methoxy groups -OCH3 is 3. The van der Waals surface area contributed by atoms with Gasteiger partial charge in [-0.05, 0) is 12.8 Å². The fourth-order valence-corrected chi connectivity index (χ4v) is 3.07. The van der Waals surface area contributed by atoms with Gasteiger partial charge < -0.3 is 19.3 Å². The second-order valence-corrected chi connectivity index (χ2v) is 5.10. The predicted octanol–water partition coefficient (Wildman–Crippen LogP) is 2.75. The molecule has 116 valence electrons. The molecule has 0 heterocycles. The first-order chi connectivity index (χ1) is 10.0. The van der Waals surface area contributed by atoms with E-state index in [2.05, 4.69) is 0 Å². The first-order valence-electron chi connectivity index (χ1n) is 6.74. The molecule has 0 aromatic heterocycles. The van der Waals surface area contributed by atoms with Crippen molar-refractivity contribution in [3.8, 4) is 17.2 Å². The second-order valence-electron chi connectivity index (χ2n) is 5.10. The molecule has 1 aliphatic carbocycles. The van der Waals surface area contributed by atoms with Gasteiger partial charge in [0.1, 0.15) is 0 Å². The minimum Gasteiger partial charge on any atom is -0.494 e. The van der Waals surface area contributed by atoms with E-state index in [0.717, 1.165) is 12.8 Å². The van der Waals surface area contributed by atoms with Gasteiger partial charge in [-0.15, -0.1) is 0 Å². The van der Waals surface area contributed by atoms with Crippen molar-refractivity contribution in [3.63, 3.8) is 0 Å². The Morgan fingerprint density at radius 3 is 2.14 bits per heavy atom. The number of benzene rings is 1. The molecule has 1 saturated carbocycles. The van der Waals surface area contributed by atoms with Crippen molar-refractivity contribution in [1.82, 2.24) is 0 Å². The minimum atomic E-state index is -1.29. The van der Waals surface area contributed by atoms with Crippen molar-refractivity contribution in [2.75, 3.05) is 21.3 Å². The van der Waals surface area contributed by atoms with Crippen LogP contribution in [0.25, 0.3) is 0 Å². The fourth-order valence-electron chi connectivity index (χ4n) is 3.07. The zero-order valence-corrected chi connectivity index (χ0v) is 12.4. The largest absolute Gasteiger partial charge is 0.494 e. The van der Waals surface area contributed by atoms with Crippen molar-refractivity contribution in [2.24, 2.45) is 0 Å². The van der Waals surface area contributed by atoms with Gasteiger partial charge in [-0.3, -0.25) is 4.79 Å². The smallest absolute Gasteiger partial charge is 0.314 e. The maximum absolute atomic E-state index is 14.8. The molecule has 0 spiro atoms. The van der Waals surface area contributed by atoms with E-state index in [1.54, 1.807) is 0 Å². The molecule has 2 rings (SSSR count). The number of aliphatic carboxylic acids is 1. The quantitative estimate of drug-likeness (QED) is 0.905. The maximum atomic E-state index is 14.8. The molecule has 21 heavy (non-hydrogen) atoms. The normalized spacial score (nSPS) is 16.6. The van der Waals surface area contributed by atoms with E-state index in [9.17, 15) is 14.3 Å². The highest BCUT2D eigenvalue weighted by molar-refractivity contribution is 5.84. The molecule has 0 saturated heterocycles. The molecule has 1 aromatic carbocycles. The molecule has 0 bridgehead atoms. The summed E-state index contributed by atoms with van der Waals surface area (Å²) in [6, 6.07) is 1.36. The van der Waals surface area contributed by atoms with Crippen LogP contribution in [0.5, 0.6) is 17.2 Å². The van der Waals surface area contributed by atoms with Crippen LogP contribution in [0.1, 0.15) is 31.2 Å². The molecule has 0 amide bonds. The number of rotatable bonds is 5. The Bertz CT molecular complexity index is 549. The lowest BCUT2D eigenvalue weighted by Gasteiger charge is -2.28. The van der Waals surface area contributed by atoms with Gasteiger partial charge in [0.15, 0.2) is 23.1 Å². The van der Waals surface area contributed by atoms with Crippen LogP contribution in [0, 0.1) is 5.82 Å². The molecule has 0 unspecified atom stereocenters. The Morgan fingerprint density at radius 2 is 1.71 bits per heavy atom. The lowest BCUT2D eigenvalue weighted by atomic mass is 9.77. The molecule has 1 fully saturated rings. The summed E-state index contributed by atoms with van der Waals surface area (Å²) >= 11 is 0. The topological polar surface area (TPSA) is 65.0 Å². The Balaban J connectivity index is 2.78. The van der Waals surface area contributed by atoms with Crippen molar-refractivity contribution in [2.45, 2.75) is 31.1 Å². The summed E-state index contributed by atoms with van der Waals surface area (Å²) in [6.07, 6.45) is 2.20. The number of hydrogen-bond acceptors (Lipinski definition) is 4. The summed E-state index contributed by atoms with van der Waals surface area (Å²) in [7, 11) is 4.12. The zero-order valence-electron chi connectivity index (χ0n) is 12.4. The van der Waals surface area contributed by atoms with Gasteiger partial charge in [-0.25, -0.2) is 4.39 Å². The molecule has 6 heteroatoms. The third kappa shape index (κ3) is 2.28. The molecule has 0 atom stereocenters. The summed E-state index contributed by atoms with van der Waals surface area (Å²) in [5, 5.41) is 9.68. The molecule has 1 aromatic rings. The summed E-state index contributed by atoms with van der Waals surface area (Å²) in [6.45, 7) is 0. The molecule has 0 radical (unpaired) electrons. The number of carbonyl (C=O) groups is 1. The third-order valence-corrected chi connectivity index (χ3v) is 4.14. The van der Waals surface area contributed by atoms with Crippen molar-refractivity contribution >= 4 is 5.97 Å². The Labute approximate surface area is 122 Å². The average Bonchev–Trinajstić information content (AvgIpc) is 2.97. The van der Waals surface area contributed by atoms with E-state index >= 15 is 0 Å². The van der Waals surface area contributed by atoms with Gasteiger partial charge >= 0.3 is 5.97 Å². The summed E-state index contributed by atoms with van der Waals surface area (Å²) in [4.78, 5) is 11.8. The maximum Gasteiger partial charge on any atom is 0.314 e. The number of carboxylic acids is 1. The third-order valence-electron chi connectivity index (χ3n) is 4.14. The lowest BCUT2D eigenvalue weighted by Crippen LogP contribution is -2.34. The van der Waals surface area contributed by atoms with E-state index in [0.29, 0.717) is 12.8 Å². The number of halogens is 1. The standard InChI is InChI=1S/C15H19FO5/c1-19-9-8-10(20-2)13(21-3)11(12(9)16)15(14(17)18)6-4-5-7-15/h8H,4-7H2,1-3H3,(H,17,18). The first kappa shape index (κ1) is 15.4. The predicted molar refractivity (Wildman–Crippen MR) is 73.8 cm³/mol. The molecular formula is C15H19FO5. The molecule has 5 nitrogen and oxygen atoms in total. The van der Waals surface area contributed by atoms with Crippen LogP contribution in [0.4, 0.5) is 4.39 Å². The molecule has 1 aliphatic rings. The van der Waals surface area contributed by atoms with Crippen molar-refractivity contribution < 1.29 is 28.5 Å². The fraction of sp³-hybridized carbons (Fsp3) is 0.533. The van der Waals surface area contributed by atoms with Crippen LogP contribution < -0.4 is 14.2 Å². The monoisotopic (exact) mass is 298 g/mol. The molecular weight excluding hydrogens is 279 g/mol. The van der Waals surface area contributed by atoms with E-state index < -0.39 is 17.2 Å². The van der Waals surface area contributed by atoms with Gasteiger partial charge in [0.25, 0.3) is 0 Å². The Morgan fingerprint density at radius 1 is 1.14 bits per heavy atom. The van der Waals surface area contributed by atoms with Crippen molar-refractivity contribution in [3.05, 3.63) is 17.4 Å². The van der Waals surface area contributed by atoms with Gasteiger partial charge in [-0.2, -0.15) is 0 Å². The number of carboxylic acid groups (broad SMARTS) is 1. The highest BCUT2D eigenvalue weighted by Gasteiger charge is 2.48. The second kappa shape index (κ2) is 5.79. The van der Waals surface area contributed by atoms with Gasteiger partial charge in [-0.1, -0.05) is 12.8 Å². The van der Waals surface area contributed by atoms with Crippen LogP contribution in [-0.2, 0) is 10.2 Å². The van der Waals surface area contributed by atoms with Crippen LogP contribution in [0.15, 0.2) is 6.07 Å². The summed E-state index contributed by atoms with van der Waals surface area (Å²) < 4.78 is 30.2. The van der Waals surface area contributed by atoms with Crippen LogP contribution >= 0.6 is 0 Å². The highest BCUT2D eigenvalue weighted by Crippen LogP contribution is 2.51. The zero-order chi connectivity index (χ0) is 15.6. The lowest BCUT2D eigenvalue weighted by molar-refractivity contribution is -0.143. The van der Waals surface area contributed by atoms with Crippen LogP contribution in [0.3, 0.4) is 0 Å². The van der Waals surface area contributed by atoms with Gasteiger partial charge in [0.05, 0.1) is 32.3 Å². The van der Waals surface area contributed by atoms with E-state index in [1.807, 2.05) is 0 Å². The van der Waals surface area contributed by atoms with Gasteiger partial charge in [0, 0.05) is 6.07 Å². The Hall–Kier alpha value is -1.98. The van der Waals surface area contributed by atoms with Crippen LogP contribution in [-0.4, -0.2) is 32.4 Å². The highest BCUT2D eigenvalue weighted by atomic mass is 19.1. The molecule has 1 N–H and O–H groups in total. The SMILES string of the molecule is COc1cc(OC)c(OC)c(C2(C(=O)O)CCCC2)c1F. The van der Waals surface area contributed by atoms with E-state index in [1.165, 1.54) is 27.4 Å². The summed E-state index contributed by atoms with van der Waals surface area (Å²) in [5.74, 6) is -1.40. The Kier molecular flexibility index (Phi) is 4.25. The summed E-state index contributed by atoms with van der Waals surface area (Å²) in [5.41, 5.74) is -1.27. The first-order valence-corrected chi connectivity index (χ1v) is 6.74. The van der Waals surface area contributed by atoms with E-state index in [4.69, 9.17) is 14.2 Å². The number of ether oxygens (including phenoxy) is 3. The van der Waals surface area contributed by atoms with Crippen molar-refractivity contribution in [1.29, 1.82) is 0 Å². The number of hydrogen-bond donors (Lipinski definition) is 1. The minimum absolute atomic E-state index is 0.0196. The van der Waals surface area contributed by atoms with E-state index in [-0.39, 0.29) is 22.8 Å². The average molecular weight is 298 g/mol.